The molecule has 2 unspecified atom stereocenters. The molecule has 2 aliphatic heterocycles. The van der Waals surface area contributed by atoms with Crippen LogP contribution in [0.5, 0.6) is 0 Å². The second kappa shape index (κ2) is 13.2. The van der Waals surface area contributed by atoms with Crippen molar-refractivity contribution in [1.82, 2.24) is 19.5 Å². The van der Waals surface area contributed by atoms with Crippen molar-refractivity contribution in [2.24, 2.45) is 0 Å². The third-order valence-corrected chi connectivity index (χ3v) is 16.2. The average Bonchev–Trinajstić information content (AvgIpc) is 3.69. The zero-order valence-corrected chi connectivity index (χ0v) is 31.6. The normalized spacial score (nSPS) is 19.8. The van der Waals surface area contributed by atoms with Gasteiger partial charge in [-0.05, 0) is 93.1 Å². The van der Waals surface area contributed by atoms with Crippen LogP contribution in [0.1, 0.15) is 93.7 Å². The third-order valence-electron chi connectivity index (χ3n) is 11.7. The lowest BCUT2D eigenvalue weighted by Gasteiger charge is -2.43. The van der Waals surface area contributed by atoms with E-state index in [-0.39, 0.29) is 28.0 Å². The number of Topliss-reactive ketones (excluding diaryl/α,β-unsaturated/α-hetero) is 1. The van der Waals surface area contributed by atoms with Crippen molar-refractivity contribution in [3.63, 3.8) is 0 Å². The van der Waals surface area contributed by atoms with Gasteiger partial charge in [-0.1, -0.05) is 45.7 Å². The number of nitrogens with zero attached hydrogens (tertiary/aromatic N) is 6. The molecule has 11 heteroatoms. The predicted octanol–water partition coefficient (Wildman–Crippen LogP) is 7.94. The fraction of sp³-hybridized carbons (Fsp3) is 0.513. The Hall–Kier alpha value is -4.09. The number of hydrogen-bond donors (Lipinski definition) is 1. The SMILES string of the molecule is CC(=O)c1c(C)c2cnc(Nc3ccc(N4CC5CCC(C4)N5c4ccc(CO[Si](C)(C)C(C)(C)C)cc4)cn3)nc2n(C2CCCC2)c1=O. The van der Waals surface area contributed by atoms with Crippen LogP contribution in [-0.2, 0) is 11.0 Å². The minimum Gasteiger partial charge on any atom is -0.413 e. The van der Waals surface area contributed by atoms with Gasteiger partial charge in [-0.3, -0.25) is 14.2 Å². The first-order valence-electron chi connectivity index (χ1n) is 18.2. The number of aromatic nitrogens is 4. The number of aryl methyl sites for hydroxylation is 1. The van der Waals surface area contributed by atoms with Crippen LogP contribution in [0.4, 0.5) is 23.1 Å². The molecule has 0 spiro atoms. The van der Waals surface area contributed by atoms with Gasteiger partial charge in [0.25, 0.3) is 5.56 Å². The van der Waals surface area contributed by atoms with E-state index >= 15 is 0 Å². The summed E-state index contributed by atoms with van der Waals surface area (Å²) >= 11 is 0. The number of carbonyl (C=O) groups is 1. The van der Waals surface area contributed by atoms with E-state index in [1.54, 1.807) is 10.8 Å². The molecular formula is C39H51N7O3Si. The molecule has 7 rings (SSSR count). The molecule has 1 saturated carbocycles. The molecule has 10 nitrogen and oxygen atoms in total. The Balaban J connectivity index is 1.03. The van der Waals surface area contributed by atoms with Gasteiger partial charge in [0.2, 0.25) is 5.95 Å². The highest BCUT2D eigenvalue weighted by Gasteiger charge is 2.40. The summed E-state index contributed by atoms with van der Waals surface area (Å²) in [5, 5.41) is 4.19. The number of fused-ring (bicyclic) bond motifs is 3. The molecular weight excluding hydrogens is 643 g/mol. The Bertz CT molecular complexity index is 1930. The minimum absolute atomic E-state index is 0.0333. The number of carbonyl (C=O) groups excluding carboxylic acids is 1. The summed E-state index contributed by atoms with van der Waals surface area (Å²) in [7, 11) is -1.79. The van der Waals surface area contributed by atoms with Crippen molar-refractivity contribution in [1.29, 1.82) is 0 Å². The lowest BCUT2D eigenvalue weighted by atomic mass is 10.0. The van der Waals surface area contributed by atoms with Gasteiger partial charge >= 0.3 is 0 Å². The topological polar surface area (TPSA) is 105 Å². The van der Waals surface area contributed by atoms with Crippen molar-refractivity contribution in [2.45, 2.75) is 116 Å². The van der Waals surface area contributed by atoms with Gasteiger partial charge in [0.05, 0.1) is 24.1 Å². The molecule has 1 N–H and O–H groups in total. The third kappa shape index (κ3) is 6.45. The van der Waals surface area contributed by atoms with Crippen LogP contribution in [0.2, 0.25) is 18.1 Å². The fourth-order valence-electron chi connectivity index (χ4n) is 7.85. The molecule has 0 radical (unpaired) electrons. The van der Waals surface area contributed by atoms with E-state index in [0.29, 0.717) is 41.7 Å². The first kappa shape index (κ1) is 34.4. The van der Waals surface area contributed by atoms with E-state index in [0.717, 1.165) is 49.8 Å². The molecule has 0 amide bonds. The Morgan fingerprint density at radius 2 is 1.58 bits per heavy atom. The summed E-state index contributed by atoms with van der Waals surface area (Å²) in [6.45, 7) is 17.3. The summed E-state index contributed by atoms with van der Waals surface area (Å²) in [5.41, 5.74) is 4.83. The molecule has 2 atom stereocenters. The largest absolute Gasteiger partial charge is 0.413 e. The second-order valence-electron chi connectivity index (χ2n) is 16.0. The standard InChI is InChI=1S/C39H51N7O3Si/c1-25-33-21-41-38(43-36(33)46(28-10-8-9-11-28)37(48)35(25)26(2)47)42-34-19-18-30(20-40-34)44-22-31-16-17-32(23-44)45(31)29-14-12-27(13-15-29)24-49-50(6,7)39(3,4)5/h12-15,18-21,28,31-32H,8-11,16-17,22-24H2,1-7H3,(H,40,41,42,43). The lowest BCUT2D eigenvalue weighted by Crippen LogP contribution is -2.54. The van der Waals surface area contributed by atoms with Crippen molar-refractivity contribution in [3.8, 4) is 0 Å². The molecule has 2 bridgehead atoms. The molecule has 3 fully saturated rings. The van der Waals surface area contributed by atoms with Gasteiger partial charge < -0.3 is 19.5 Å². The van der Waals surface area contributed by atoms with Crippen LogP contribution in [0.25, 0.3) is 11.0 Å². The van der Waals surface area contributed by atoms with Crippen molar-refractivity contribution >= 4 is 48.3 Å². The summed E-state index contributed by atoms with van der Waals surface area (Å²) in [5.74, 6) is 0.793. The van der Waals surface area contributed by atoms with Crippen LogP contribution in [0.15, 0.2) is 53.6 Å². The maximum Gasteiger partial charge on any atom is 0.263 e. The quantitative estimate of drug-likeness (QED) is 0.138. The number of benzene rings is 1. The van der Waals surface area contributed by atoms with Crippen molar-refractivity contribution < 1.29 is 9.22 Å². The first-order valence-corrected chi connectivity index (χ1v) is 21.1. The fourth-order valence-corrected chi connectivity index (χ4v) is 8.81. The van der Waals surface area contributed by atoms with Crippen LogP contribution in [0.3, 0.4) is 0 Å². The van der Waals surface area contributed by atoms with Crippen LogP contribution >= 0.6 is 0 Å². The van der Waals surface area contributed by atoms with Gasteiger partial charge in [0.15, 0.2) is 14.1 Å². The van der Waals surface area contributed by atoms with Crippen LogP contribution in [0, 0.1) is 6.92 Å². The predicted molar refractivity (Wildman–Crippen MR) is 203 cm³/mol. The van der Waals surface area contributed by atoms with E-state index < -0.39 is 8.32 Å². The highest BCUT2D eigenvalue weighted by atomic mass is 28.4. The van der Waals surface area contributed by atoms with Gasteiger partial charge in [0, 0.05) is 48.5 Å². The molecule has 3 aliphatic rings. The van der Waals surface area contributed by atoms with Gasteiger partial charge in [-0.25, -0.2) is 9.97 Å². The summed E-state index contributed by atoms with van der Waals surface area (Å²) in [4.78, 5) is 45.2. The van der Waals surface area contributed by atoms with Gasteiger partial charge in [0.1, 0.15) is 11.5 Å². The van der Waals surface area contributed by atoms with E-state index in [9.17, 15) is 9.59 Å². The number of ketones is 1. The molecule has 3 aromatic heterocycles. The Labute approximate surface area is 296 Å². The zero-order chi connectivity index (χ0) is 35.4. The summed E-state index contributed by atoms with van der Waals surface area (Å²) < 4.78 is 8.20. The minimum atomic E-state index is -1.79. The maximum atomic E-state index is 13.6. The second-order valence-corrected chi connectivity index (χ2v) is 20.8. The van der Waals surface area contributed by atoms with E-state index in [1.807, 2.05) is 19.2 Å². The molecule has 1 aliphatic carbocycles. The molecule has 2 saturated heterocycles. The number of rotatable bonds is 9. The monoisotopic (exact) mass is 693 g/mol. The van der Waals surface area contributed by atoms with E-state index in [1.165, 1.54) is 31.0 Å². The van der Waals surface area contributed by atoms with Gasteiger partial charge in [-0.2, -0.15) is 4.98 Å². The lowest BCUT2D eigenvalue weighted by molar-refractivity contribution is 0.101. The van der Waals surface area contributed by atoms with Crippen molar-refractivity contribution in [2.75, 3.05) is 28.2 Å². The maximum absolute atomic E-state index is 13.6. The van der Waals surface area contributed by atoms with Gasteiger partial charge in [-0.15, -0.1) is 0 Å². The van der Waals surface area contributed by atoms with E-state index in [2.05, 4.69) is 84.3 Å². The van der Waals surface area contributed by atoms with Crippen LogP contribution in [-0.4, -0.2) is 58.8 Å². The highest BCUT2D eigenvalue weighted by molar-refractivity contribution is 6.74. The Morgan fingerprint density at radius 3 is 2.18 bits per heavy atom. The summed E-state index contributed by atoms with van der Waals surface area (Å²) in [6, 6.07) is 14.1. The molecule has 1 aromatic carbocycles. The molecule has 5 heterocycles. The molecule has 264 valence electrons. The average molecular weight is 694 g/mol. The number of hydrogen-bond acceptors (Lipinski definition) is 9. The number of pyridine rings is 2. The van der Waals surface area contributed by atoms with E-state index in [4.69, 9.17) is 14.4 Å². The zero-order valence-electron chi connectivity index (χ0n) is 30.6. The Kier molecular flexibility index (Phi) is 9.09. The number of piperazine rings is 1. The first-order chi connectivity index (χ1) is 23.8. The Morgan fingerprint density at radius 1 is 0.920 bits per heavy atom. The van der Waals surface area contributed by atoms with Crippen LogP contribution < -0.4 is 20.7 Å². The highest BCUT2D eigenvalue weighted by Crippen LogP contribution is 2.39. The van der Waals surface area contributed by atoms with Crippen molar-refractivity contribution in [3.05, 3.63) is 75.8 Å². The smallest absolute Gasteiger partial charge is 0.263 e. The molecule has 4 aromatic rings. The number of anilines is 4. The summed E-state index contributed by atoms with van der Waals surface area (Å²) in [6.07, 6.45) is 9.94. The molecule has 50 heavy (non-hydrogen) atoms. The number of nitrogens with one attached hydrogen (secondary N) is 1.